The van der Waals surface area contributed by atoms with Crippen LogP contribution in [0.25, 0.3) is 11.3 Å². The first-order valence-corrected chi connectivity index (χ1v) is 11.4. The molecule has 0 bridgehead atoms. The van der Waals surface area contributed by atoms with Gasteiger partial charge >= 0.3 is 5.97 Å². The highest BCUT2D eigenvalue weighted by Crippen LogP contribution is 2.29. The molecule has 0 aliphatic heterocycles. The van der Waals surface area contributed by atoms with Crippen molar-refractivity contribution in [3.8, 4) is 22.8 Å². The largest absolute Gasteiger partial charge is 0.497 e. The van der Waals surface area contributed by atoms with Crippen LogP contribution < -0.4 is 9.47 Å². The van der Waals surface area contributed by atoms with Crippen molar-refractivity contribution in [2.75, 3.05) is 18.1 Å². The number of carbonyl (C=O) groups is 1. The minimum Gasteiger partial charge on any atom is -0.497 e. The van der Waals surface area contributed by atoms with Crippen molar-refractivity contribution in [3.63, 3.8) is 0 Å². The summed E-state index contributed by atoms with van der Waals surface area (Å²) in [7, 11) is 1.66. The third-order valence-corrected chi connectivity index (χ3v) is 5.22. The van der Waals surface area contributed by atoms with E-state index < -0.39 is 5.97 Å². The summed E-state index contributed by atoms with van der Waals surface area (Å²) in [5, 5.41) is 8.92. The van der Waals surface area contributed by atoms with E-state index in [-0.39, 0.29) is 6.42 Å². The smallest absolute Gasteiger partial charge is 0.307 e. The Morgan fingerprint density at radius 1 is 1.07 bits per heavy atom. The highest BCUT2D eigenvalue weighted by Gasteiger charge is 2.13. The minimum absolute atomic E-state index is 0.00106. The van der Waals surface area contributed by atoms with Gasteiger partial charge in [0.15, 0.2) is 0 Å². The van der Waals surface area contributed by atoms with Gasteiger partial charge in [-0.15, -0.1) is 0 Å². The number of furan rings is 1. The van der Waals surface area contributed by atoms with Crippen molar-refractivity contribution in [1.29, 1.82) is 0 Å². The highest BCUT2D eigenvalue weighted by atomic mass is 127. The lowest BCUT2D eigenvalue weighted by Gasteiger charge is -2.07. The van der Waals surface area contributed by atoms with Gasteiger partial charge in [-0.2, -0.15) is 0 Å². The molecule has 0 saturated carbocycles. The third-order valence-electron chi connectivity index (χ3n) is 4.69. The predicted octanol–water partition coefficient (Wildman–Crippen LogP) is 5.57. The van der Waals surface area contributed by atoms with E-state index in [1.165, 1.54) is 5.56 Å². The Morgan fingerprint density at radius 3 is 2.63 bits per heavy atom. The molecule has 0 radical (unpaired) electrons. The van der Waals surface area contributed by atoms with Crippen LogP contribution in [-0.2, 0) is 24.1 Å². The molecule has 0 aliphatic carbocycles. The van der Waals surface area contributed by atoms with Gasteiger partial charge in [-0.3, -0.25) is 4.79 Å². The molecule has 3 rings (SSSR count). The summed E-state index contributed by atoms with van der Waals surface area (Å²) < 4.78 is 18.3. The molecule has 6 heteroatoms. The van der Waals surface area contributed by atoms with Gasteiger partial charge in [0.25, 0.3) is 0 Å². The quantitative estimate of drug-likeness (QED) is 0.203. The van der Waals surface area contributed by atoms with Gasteiger partial charge in [0.05, 0.1) is 20.1 Å². The first-order chi connectivity index (χ1) is 14.6. The molecule has 158 valence electrons. The van der Waals surface area contributed by atoms with Crippen LogP contribution in [-0.4, -0.2) is 29.2 Å². The van der Waals surface area contributed by atoms with Gasteiger partial charge in [-0.05, 0) is 54.3 Å². The summed E-state index contributed by atoms with van der Waals surface area (Å²) in [4.78, 5) is 10.9. The molecule has 30 heavy (non-hydrogen) atoms. The summed E-state index contributed by atoms with van der Waals surface area (Å²) in [6.07, 6.45) is 2.58. The monoisotopic (exact) mass is 520 g/mol. The summed E-state index contributed by atoms with van der Waals surface area (Å²) in [6, 6.07) is 17.2. The molecule has 0 unspecified atom stereocenters. The van der Waals surface area contributed by atoms with Crippen LogP contribution in [0.15, 0.2) is 59.0 Å². The van der Waals surface area contributed by atoms with Crippen molar-refractivity contribution in [1.82, 2.24) is 0 Å². The maximum absolute atomic E-state index is 10.9. The highest BCUT2D eigenvalue weighted by molar-refractivity contribution is 14.1. The number of carboxylic acids is 1. The third kappa shape index (κ3) is 6.26. The average molecular weight is 520 g/mol. The second-order valence-corrected chi connectivity index (χ2v) is 7.98. The van der Waals surface area contributed by atoms with Gasteiger partial charge < -0.3 is 19.0 Å². The standard InChI is InChI=1S/C24H25IO5/c1-28-20-8-3-6-18(15-20)23-16-19(22(30-23)10-11-25)7-4-12-29-21-9-2-5-17(13-21)14-24(26)27/h2-3,5-6,8-9,13,15-16H,4,7,10-12,14H2,1H3,(H,26,27). The Hall–Kier alpha value is -2.48. The SMILES string of the molecule is COc1cccc(-c2cc(CCCOc3cccc(CC(=O)O)c3)c(CCI)o2)c1. The number of aliphatic carboxylic acids is 1. The fourth-order valence-electron chi connectivity index (χ4n) is 3.27. The second kappa shape index (κ2) is 11.1. The molecule has 3 aromatic rings. The molecule has 1 N–H and O–H groups in total. The summed E-state index contributed by atoms with van der Waals surface area (Å²) in [5.74, 6) is 2.53. The Balaban J connectivity index is 1.62. The van der Waals surface area contributed by atoms with Crippen LogP contribution in [0.2, 0.25) is 0 Å². The van der Waals surface area contributed by atoms with E-state index in [2.05, 4.69) is 28.7 Å². The Morgan fingerprint density at radius 2 is 1.87 bits per heavy atom. The zero-order chi connectivity index (χ0) is 21.3. The molecule has 0 spiro atoms. The molecule has 1 heterocycles. The summed E-state index contributed by atoms with van der Waals surface area (Å²) in [5.41, 5.74) is 2.94. The van der Waals surface area contributed by atoms with E-state index in [4.69, 9.17) is 19.0 Å². The first-order valence-electron chi connectivity index (χ1n) is 9.84. The predicted molar refractivity (Wildman–Crippen MR) is 125 cm³/mol. The lowest BCUT2D eigenvalue weighted by molar-refractivity contribution is -0.136. The Kier molecular flexibility index (Phi) is 8.19. The molecule has 0 fully saturated rings. The van der Waals surface area contributed by atoms with E-state index in [0.29, 0.717) is 12.4 Å². The lowest BCUT2D eigenvalue weighted by atomic mass is 10.1. The lowest BCUT2D eigenvalue weighted by Crippen LogP contribution is -2.02. The van der Waals surface area contributed by atoms with Crippen molar-refractivity contribution >= 4 is 28.6 Å². The van der Waals surface area contributed by atoms with Crippen LogP contribution in [0.3, 0.4) is 0 Å². The van der Waals surface area contributed by atoms with E-state index in [0.717, 1.165) is 52.1 Å². The fourth-order valence-corrected chi connectivity index (χ4v) is 3.76. The summed E-state index contributed by atoms with van der Waals surface area (Å²) >= 11 is 2.36. The average Bonchev–Trinajstić information content (AvgIpc) is 3.14. The van der Waals surface area contributed by atoms with Gasteiger partial charge in [-0.1, -0.05) is 46.9 Å². The Bertz CT molecular complexity index is 979. The van der Waals surface area contributed by atoms with Crippen LogP contribution in [0.1, 0.15) is 23.3 Å². The second-order valence-electron chi connectivity index (χ2n) is 6.90. The van der Waals surface area contributed by atoms with Gasteiger partial charge in [0.2, 0.25) is 0 Å². The van der Waals surface area contributed by atoms with Gasteiger partial charge in [0.1, 0.15) is 23.0 Å². The number of aryl methyl sites for hydroxylation is 2. The molecule has 0 amide bonds. The fraction of sp³-hybridized carbons (Fsp3) is 0.292. The Labute approximate surface area is 190 Å². The molecule has 2 aromatic carbocycles. The van der Waals surface area contributed by atoms with Crippen molar-refractivity contribution in [2.24, 2.45) is 0 Å². The number of hydrogen-bond acceptors (Lipinski definition) is 4. The molecular formula is C24H25IO5. The number of carboxylic acid groups (broad SMARTS) is 1. The van der Waals surface area contributed by atoms with Crippen LogP contribution in [0, 0.1) is 0 Å². The van der Waals surface area contributed by atoms with E-state index in [9.17, 15) is 4.79 Å². The zero-order valence-corrected chi connectivity index (χ0v) is 19.1. The normalized spacial score (nSPS) is 10.7. The zero-order valence-electron chi connectivity index (χ0n) is 16.9. The maximum atomic E-state index is 10.9. The molecule has 5 nitrogen and oxygen atoms in total. The number of hydrogen-bond donors (Lipinski definition) is 1. The minimum atomic E-state index is -0.846. The number of rotatable bonds is 11. The van der Waals surface area contributed by atoms with Crippen molar-refractivity contribution < 1.29 is 23.8 Å². The first kappa shape index (κ1) is 22.2. The van der Waals surface area contributed by atoms with Gasteiger partial charge in [0, 0.05) is 16.4 Å². The number of methoxy groups -OCH3 is 1. The molecule has 1 aromatic heterocycles. The number of benzene rings is 2. The topological polar surface area (TPSA) is 68.9 Å². The van der Waals surface area contributed by atoms with Crippen molar-refractivity contribution in [2.45, 2.75) is 25.7 Å². The molecule has 0 saturated heterocycles. The van der Waals surface area contributed by atoms with Crippen LogP contribution in [0.4, 0.5) is 0 Å². The van der Waals surface area contributed by atoms with E-state index >= 15 is 0 Å². The van der Waals surface area contributed by atoms with Gasteiger partial charge in [-0.25, -0.2) is 0 Å². The summed E-state index contributed by atoms with van der Waals surface area (Å²) in [6.45, 7) is 0.555. The van der Waals surface area contributed by atoms with E-state index in [1.807, 2.05) is 36.4 Å². The molecular weight excluding hydrogens is 495 g/mol. The number of ether oxygens (including phenoxy) is 2. The van der Waals surface area contributed by atoms with E-state index in [1.54, 1.807) is 19.2 Å². The van der Waals surface area contributed by atoms with Crippen LogP contribution in [0.5, 0.6) is 11.5 Å². The number of halogens is 1. The van der Waals surface area contributed by atoms with Crippen LogP contribution >= 0.6 is 22.6 Å². The van der Waals surface area contributed by atoms with Crippen molar-refractivity contribution in [3.05, 3.63) is 71.5 Å². The number of alkyl halides is 1. The molecule has 0 atom stereocenters. The maximum Gasteiger partial charge on any atom is 0.307 e. The molecule has 0 aliphatic rings.